The second-order valence-electron chi connectivity index (χ2n) is 15.2. The summed E-state index contributed by atoms with van der Waals surface area (Å²) in [4.78, 5) is 29.3. The fraction of sp³-hybridized carbons (Fsp3) is 0.763. The number of carboxylic acid groups (broad SMARTS) is 1. The second kappa shape index (κ2) is 24.7. The Bertz CT molecular complexity index is 1530. The number of carbonyl (C=O) groups is 2. The molecular weight excluding hydrogens is 853 g/mol. The van der Waals surface area contributed by atoms with Gasteiger partial charge in [-0.3, -0.25) is 4.79 Å². The van der Waals surface area contributed by atoms with Gasteiger partial charge >= 0.3 is 5.97 Å². The van der Waals surface area contributed by atoms with Gasteiger partial charge in [-0.15, -0.1) is 0 Å². The van der Waals surface area contributed by atoms with Gasteiger partial charge in [0.15, 0.2) is 12.7 Å². The van der Waals surface area contributed by atoms with Crippen LogP contribution in [0, 0.1) is 0 Å². The van der Waals surface area contributed by atoms with Gasteiger partial charge in [0, 0.05) is 29.5 Å². The molecule has 61 heavy (non-hydrogen) atoms. The van der Waals surface area contributed by atoms with E-state index in [-0.39, 0.29) is 18.7 Å². The van der Waals surface area contributed by atoms with Crippen molar-refractivity contribution in [1.82, 2.24) is 0 Å². The van der Waals surface area contributed by atoms with E-state index in [9.17, 15) is 70.9 Å². The third kappa shape index (κ3) is 13.9. The molecule has 0 radical (unpaired) electrons. The number of carbonyl (C=O) groups excluding carboxylic acids is 1. The highest BCUT2D eigenvalue weighted by Crippen LogP contribution is 2.40. The predicted octanol–water partition coefficient (Wildman–Crippen LogP) is -2.76. The fourth-order valence-electron chi connectivity index (χ4n) is 7.27. The van der Waals surface area contributed by atoms with Crippen LogP contribution in [0.5, 0.6) is 0 Å². The van der Waals surface area contributed by atoms with Crippen molar-refractivity contribution < 1.29 is 94.6 Å². The normalized spacial score (nSPS) is 32.5. The van der Waals surface area contributed by atoms with Gasteiger partial charge < -0.3 is 90.3 Å². The molecule has 3 saturated heterocycles. The SMILES string of the molecule is COC=NC1C(O)CC(OC2C(O)C(CO)OC(OC(C(O)CO)C(O)C(O)CCc3cccc(NC(=O)CCCCC4CCSS4)c3)C2O)(C(=O)O)OC1C(O)C(O)CO. The highest BCUT2D eigenvalue weighted by molar-refractivity contribution is 8.77. The first kappa shape index (κ1) is 51.4. The Morgan fingerprint density at radius 2 is 1.77 bits per heavy atom. The summed E-state index contributed by atoms with van der Waals surface area (Å²) in [5, 5.41) is 131. The van der Waals surface area contributed by atoms with Crippen LogP contribution in [-0.4, -0.2) is 209 Å². The maximum atomic E-state index is 12.8. The third-order valence-electron chi connectivity index (χ3n) is 10.7. The zero-order chi connectivity index (χ0) is 44.9. The van der Waals surface area contributed by atoms with E-state index in [2.05, 4.69) is 10.3 Å². The lowest BCUT2D eigenvalue weighted by Gasteiger charge is -2.49. The van der Waals surface area contributed by atoms with Crippen molar-refractivity contribution in [3.05, 3.63) is 29.8 Å². The first-order valence-corrected chi connectivity index (χ1v) is 22.4. The van der Waals surface area contributed by atoms with Gasteiger partial charge in [-0.05, 0) is 49.8 Å². The predicted molar refractivity (Wildman–Crippen MR) is 217 cm³/mol. The summed E-state index contributed by atoms with van der Waals surface area (Å²) in [7, 11) is 4.98. The molecule has 4 rings (SSSR count). The maximum absolute atomic E-state index is 12.8. The summed E-state index contributed by atoms with van der Waals surface area (Å²) in [6, 6.07) is 5.36. The molecular formula is C38H60N2O19S2. The molecule has 0 bridgehead atoms. The summed E-state index contributed by atoms with van der Waals surface area (Å²) in [6.45, 7) is -3.06. The Kier molecular flexibility index (Phi) is 20.8. The molecule has 3 aliphatic heterocycles. The highest BCUT2D eigenvalue weighted by Gasteiger charge is 2.59. The number of carboxylic acids is 1. The number of aliphatic imine (C=N–C) groups is 1. The quantitative estimate of drug-likeness (QED) is 0.0216. The minimum atomic E-state index is -3.03. The standard InChI is InChI=1S/C38H60N2O19S2/c1-55-18-39-28-23(45)14-38(37(53)54,58-34(28)30(50)24(46)15-41)59-35-31(51)26(17-43)56-36(32(35)52)57-33(25(47)16-42)29(49)22(44)10-9-19-5-4-6-20(13-19)40-27(48)8-3-2-7-21-11-12-60-61-21/h4-6,13,18,21-26,28-36,41-47,49-52H,2-3,7-12,14-17H2,1H3,(H,40,48)(H,53,54). The molecule has 348 valence electrons. The molecule has 16 unspecified atom stereocenters. The second-order valence-corrected chi connectivity index (χ2v) is 18.0. The summed E-state index contributed by atoms with van der Waals surface area (Å²) < 4.78 is 27.3. The zero-order valence-electron chi connectivity index (χ0n) is 33.5. The number of aliphatic hydroxyl groups is 11. The van der Waals surface area contributed by atoms with E-state index in [0.29, 0.717) is 22.9 Å². The third-order valence-corrected chi connectivity index (χ3v) is 13.7. The number of benzene rings is 1. The average Bonchev–Trinajstić information content (AvgIpc) is 3.77. The van der Waals surface area contributed by atoms with Crippen molar-refractivity contribution in [2.24, 2.45) is 4.99 Å². The molecule has 3 heterocycles. The molecule has 1 aromatic rings. The van der Waals surface area contributed by atoms with Crippen molar-refractivity contribution in [3.8, 4) is 0 Å². The molecule has 16 atom stereocenters. The Labute approximate surface area is 360 Å². The van der Waals surface area contributed by atoms with Gasteiger partial charge in [-0.2, -0.15) is 0 Å². The van der Waals surface area contributed by atoms with Crippen molar-refractivity contribution in [1.29, 1.82) is 0 Å². The highest BCUT2D eigenvalue weighted by atomic mass is 33.1. The fourth-order valence-corrected chi connectivity index (χ4v) is 10.3. The van der Waals surface area contributed by atoms with Crippen molar-refractivity contribution in [2.45, 2.75) is 148 Å². The number of anilines is 1. The maximum Gasteiger partial charge on any atom is 0.364 e. The van der Waals surface area contributed by atoms with Crippen molar-refractivity contribution in [2.75, 3.05) is 38.0 Å². The van der Waals surface area contributed by atoms with E-state index in [1.807, 2.05) is 21.6 Å². The molecule has 1 amide bonds. The summed E-state index contributed by atoms with van der Waals surface area (Å²) in [5.41, 5.74) is 1.20. The smallest absolute Gasteiger partial charge is 0.364 e. The Hall–Kier alpha value is -2.27. The van der Waals surface area contributed by atoms with Gasteiger partial charge in [-0.1, -0.05) is 40.1 Å². The molecule has 3 aliphatic rings. The Morgan fingerprint density at radius 1 is 1.03 bits per heavy atom. The van der Waals surface area contributed by atoms with Crippen LogP contribution in [0.3, 0.4) is 0 Å². The van der Waals surface area contributed by atoms with Crippen LogP contribution in [-0.2, 0) is 39.7 Å². The molecule has 0 saturated carbocycles. The van der Waals surface area contributed by atoms with E-state index >= 15 is 0 Å². The number of hydrogen-bond donors (Lipinski definition) is 13. The summed E-state index contributed by atoms with van der Waals surface area (Å²) in [5.74, 6) is -3.97. The number of nitrogens with one attached hydrogen (secondary N) is 1. The lowest BCUT2D eigenvalue weighted by molar-refractivity contribution is -0.376. The number of aliphatic hydroxyl groups excluding tert-OH is 11. The van der Waals surface area contributed by atoms with Crippen LogP contribution in [0.15, 0.2) is 29.3 Å². The number of nitrogens with zero attached hydrogens (tertiary/aromatic N) is 1. The molecule has 21 nitrogen and oxygen atoms in total. The largest absolute Gasteiger partial charge is 0.487 e. The summed E-state index contributed by atoms with van der Waals surface area (Å²) in [6.07, 6.45) is -21.2. The molecule has 0 aromatic heterocycles. The number of aryl methyl sites for hydroxylation is 1. The number of unbranched alkanes of at least 4 members (excludes halogenated alkanes) is 1. The van der Waals surface area contributed by atoms with Gasteiger partial charge in [0.25, 0.3) is 5.79 Å². The van der Waals surface area contributed by atoms with Crippen molar-refractivity contribution in [3.63, 3.8) is 0 Å². The van der Waals surface area contributed by atoms with Gasteiger partial charge in [0.2, 0.25) is 5.91 Å². The molecule has 13 N–H and O–H groups in total. The average molecular weight is 913 g/mol. The lowest BCUT2D eigenvalue weighted by atomic mass is 9.88. The topological polar surface area (TPSA) is 347 Å². The molecule has 0 aliphatic carbocycles. The lowest BCUT2D eigenvalue weighted by Crippen LogP contribution is -2.68. The van der Waals surface area contributed by atoms with Crippen molar-refractivity contribution >= 4 is 45.6 Å². The van der Waals surface area contributed by atoms with Crippen LogP contribution in [0.1, 0.15) is 50.5 Å². The zero-order valence-corrected chi connectivity index (χ0v) is 35.2. The van der Waals surface area contributed by atoms with Crippen LogP contribution >= 0.6 is 21.6 Å². The number of aliphatic carboxylic acids is 1. The Morgan fingerprint density at radius 3 is 2.41 bits per heavy atom. The number of ether oxygens (including phenoxy) is 5. The van der Waals surface area contributed by atoms with E-state index in [1.54, 1.807) is 24.3 Å². The molecule has 1 aromatic carbocycles. The van der Waals surface area contributed by atoms with Crippen LogP contribution < -0.4 is 5.32 Å². The van der Waals surface area contributed by atoms with Gasteiger partial charge in [0.1, 0.15) is 67.1 Å². The monoisotopic (exact) mass is 912 g/mol. The molecule has 3 fully saturated rings. The minimum Gasteiger partial charge on any atom is -0.487 e. The number of methoxy groups -OCH3 is 1. The number of rotatable bonds is 24. The number of amides is 1. The van der Waals surface area contributed by atoms with Gasteiger partial charge in [0.05, 0.1) is 39.1 Å². The van der Waals surface area contributed by atoms with Crippen LogP contribution in [0.2, 0.25) is 0 Å². The molecule has 23 heteroatoms. The summed E-state index contributed by atoms with van der Waals surface area (Å²) >= 11 is 0. The van der Waals surface area contributed by atoms with E-state index in [4.69, 9.17) is 23.7 Å². The van der Waals surface area contributed by atoms with Crippen LogP contribution in [0.4, 0.5) is 5.69 Å². The van der Waals surface area contributed by atoms with E-state index in [1.165, 1.54) is 13.5 Å². The van der Waals surface area contributed by atoms with Crippen LogP contribution in [0.25, 0.3) is 0 Å². The molecule has 0 spiro atoms. The minimum absolute atomic E-state index is 0.139. The van der Waals surface area contributed by atoms with E-state index < -0.39 is 124 Å². The first-order chi connectivity index (χ1) is 29.1. The Balaban J connectivity index is 1.45. The first-order valence-electron chi connectivity index (χ1n) is 20.0. The van der Waals surface area contributed by atoms with E-state index in [0.717, 1.165) is 31.4 Å². The number of hydrogen-bond acceptors (Lipinski definition) is 21. The van der Waals surface area contributed by atoms with Gasteiger partial charge in [-0.25, -0.2) is 9.79 Å².